The molecule has 3 rings (SSSR count). The van der Waals surface area contributed by atoms with Crippen LogP contribution in [0, 0.1) is 6.92 Å². The molecule has 0 unspecified atom stereocenters. The van der Waals surface area contributed by atoms with Crippen LogP contribution in [0.15, 0.2) is 29.3 Å². The van der Waals surface area contributed by atoms with Crippen LogP contribution >= 0.6 is 22.9 Å². The normalized spacial score (nSPS) is 12.2. The number of hydrogen-bond acceptors (Lipinski definition) is 6. The minimum atomic E-state index is -0.301. The van der Waals surface area contributed by atoms with E-state index in [1.54, 1.807) is 14.0 Å². The highest BCUT2D eigenvalue weighted by molar-refractivity contribution is 7.16. The number of nitrogens with zero attached hydrogens (tertiary/aromatic N) is 4. The van der Waals surface area contributed by atoms with Crippen LogP contribution < -0.4 is 4.80 Å². The Morgan fingerprint density at radius 1 is 1.41 bits per heavy atom. The predicted octanol–water partition coefficient (Wildman–Crippen LogP) is 2.25. The molecule has 114 valence electrons. The van der Waals surface area contributed by atoms with Crippen molar-refractivity contribution in [2.75, 3.05) is 13.7 Å². The molecule has 0 fully saturated rings. The number of aryl methyl sites for hydroxylation is 1. The third-order valence-corrected chi connectivity index (χ3v) is 5.03. The topological polar surface area (TPSA) is 69.4 Å². The Morgan fingerprint density at radius 2 is 2.23 bits per heavy atom. The van der Waals surface area contributed by atoms with Crippen molar-refractivity contribution >= 4 is 39.0 Å². The van der Waals surface area contributed by atoms with Crippen LogP contribution in [0.4, 0.5) is 0 Å². The maximum Gasteiger partial charge on any atom is 0.293 e. The van der Waals surface area contributed by atoms with Crippen molar-refractivity contribution in [3.8, 4) is 0 Å². The zero-order valence-electron chi connectivity index (χ0n) is 12.1. The number of amides is 1. The monoisotopic (exact) mass is 334 g/mol. The van der Waals surface area contributed by atoms with Crippen molar-refractivity contribution in [2.45, 2.75) is 13.5 Å². The lowest BCUT2D eigenvalue weighted by Gasteiger charge is -2.03. The summed E-state index contributed by atoms with van der Waals surface area (Å²) in [5, 5.41) is 3.86. The van der Waals surface area contributed by atoms with Gasteiger partial charge in [0.05, 0.1) is 22.5 Å². The molecule has 8 heteroatoms. The first kappa shape index (κ1) is 15.0. The average molecular weight is 334 g/mol. The number of methoxy groups -OCH3 is 1. The van der Waals surface area contributed by atoms with Crippen molar-refractivity contribution in [3.63, 3.8) is 0 Å². The number of ether oxygens (including phenoxy) is 1. The molecule has 2 aromatic heterocycles. The van der Waals surface area contributed by atoms with Gasteiger partial charge in [-0.05, 0) is 30.6 Å². The summed E-state index contributed by atoms with van der Waals surface area (Å²) >= 11 is 2.56. The highest BCUT2D eigenvalue weighted by Crippen LogP contribution is 2.17. The second kappa shape index (κ2) is 6.47. The molecule has 0 radical (unpaired) electrons. The second-order valence-corrected chi connectivity index (χ2v) is 6.36. The Bertz CT molecular complexity index is 878. The number of fused-ring (bicyclic) bond motifs is 1. The second-order valence-electron chi connectivity index (χ2n) is 4.60. The summed E-state index contributed by atoms with van der Waals surface area (Å²) in [5.41, 5.74) is 1.67. The van der Waals surface area contributed by atoms with Crippen LogP contribution in [-0.4, -0.2) is 33.8 Å². The number of benzene rings is 1. The summed E-state index contributed by atoms with van der Waals surface area (Å²) in [6.45, 7) is 2.96. The molecule has 1 aromatic carbocycles. The van der Waals surface area contributed by atoms with Crippen molar-refractivity contribution < 1.29 is 9.53 Å². The number of para-hydroxylation sites is 1. The van der Waals surface area contributed by atoms with Gasteiger partial charge in [0.15, 0.2) is 4.80 Å². The number of aromatic nitrogens is 3. The Kier molecular flexibility index (Phi) is 4.41. The first-order valence-corrected chi connectivity index (χ1v) is 8.25. The van der Waals surface area contributed by atoms with E-state index >= 15 is 0 Å². The molecule has 0 aliphatic rings. The molecule has 1 amide bonds. The minimum Gasteiger partial charge on any atom is -0.383 e. The van der Waals surface area contributed by atoms with Gasteiger partial charge in [0.2, 0.25) is 0 Å². The smallest absolute Gasteiger partial charge is 0.293 e. The van der Waals surface area contributed by atoms with Gasteiger partial charge in [-0.2, -0.15) is 4.99 Å². The quantitative estimate of drug-likeness (QED) is 0.734. The van der Waals surface area contributed by atoms with Crippen molar-refractivity contribution in [2.24, 2.45) is 4.99 Å². The molecular formula is C14H14N4O2S2. The van der Waals surface area contributed by atoms with E-state index in [1.165, 1.54) is 11.3 Å². The fourth-order valence-electron chi connectivity index (χ4n) is 2.07. The van der Waals surface area contributed by atoms with E-state index in [2.05, 4.69) is 14.6 Å². The van der Waals surface area contributed by atoms with Gasteiger partial charge in [0.25, 0.3) is 5.91 Å². The van der Waals surface area contributed by atoms with E-state index in [-0.39, 0.29) is 5.91 Å². The third-order valence-electron chi connectivity index (χ3n) is 3.15. The number of carbonyl (C=O) groups excluding carboxylic acids is 1. The first-order valence-electron chi connectivity index (χ1n) is 6.66. The molecule has 0 saturated carbocycles. The summed E-state index contributed by atoms with van der Waals surface area (Å²) in [4.78, 5) is 17.7. The molecule has 2 heterocycles. The third kappa shape index (κ3) is 2.85. The summed E-state index contributed by atoms with van der Waals surface area (Å²) < 4.78 is 12.0. The zero-order valence-corrected chi connectivity index (χ0v) is 13.8. The molecule has 0 spiro atoms. The molecule has 3 aromatic rings. The lowest BCUT2D eigenvalue weighted by molar-refractivity contribution is 0.100. The Balaban J connectivity index is 2.11. The number of thiazole rings is 1. The maximum absolute atomic E-state index is 12.3. The molecule has 0 atom stereocenters. The predicted molar refractivity (Wildman–Crippen MR) is 86.2 cm³/mol. The van der Waals surface area contributed by atoms with Crippen molar-refractivity contribution in [1.29, 1.82) is 0 Å². The summed E-state index contributed by atoms with van der Waals surface area (Å²) in [7, 11) is 1.66. The number of rotatable bonds is 4. The van der Waals surface area contributed by atoms with Gasteiger partial charge in [0.1, 0.15) is 4.88 Å². The molecule has 0 N–H and O–H groups in total. The van der Waals surface area contributed by atoms with Crippen LogP contribution in [0.3, 0.4) is 0 Å². The van der Waals surface area contributed by atoms with Crippen molar-refractivity contribution in [3.05, 3.63) is 39.6 Å². The van der Waals surface area contributed by atoms with E-state index in [4.69, 9.17) is 4.74 Å². The van der Waals surface area contributed by atoms with E-state index < -0.39 is 0 Å². The Labute approximate surface area is 134 Å². The van der Waals surface area contributed by atoms with Gasteiger partial charge < -0.3 is 9.30 Å². The molecule has 22 heavy (non-hydrogen) atoms. The highest BCUT2D eigenvalue weighted by atomic mass is 32.1. The van der Waals surface area contributed by atoms with Gasteiger partial charge in [-0.1, -0.05) is 28.0 Å². The Morgan fingerprint density at radius 3 is 2.95 bits per heavy atom. The van der Waals surface area contributed by atoms with E-state index in [1.807, 2.05) is 28.8 Å². The van der Waals surface area contributed by atoms with Gasteiger partial charge in [-0.3, -0.25) is 4.79 Å². The fraction of sp³-hybridized carbons (Fsp3) is 0.286. The summed E-state index contributed by atoms with van der Waals surface area (Å²) in [5.74, 6) is -0.301. The van der Waals surface area contributed by atoms with E-state index in [0.29, 0.717) is 28.5 Å². The lowest BCUT2D eigenvalue weighted by Crippen LogP contribution is -2.19. The largest absolute Gasteiger partial charge is 0.383 e. The number of hydrogen-bond donors (Lipinski definition) is 0. The molecule has 0 aliphatic carbocycles. The number of carbonyl (C=O) groups is 1. The SMILES string of the molecule is COCCn1c(=NC(=O)c2snnc2C)sc2ccccc21. The van der Waals surface area contributed by atoms with Crippen LogP contribution in [0.5, 0.6) is 0 Å². The average Bonchev–Trinajstić information content (AvgIpc) is 3.08. The van der Waals surface area contributed by atoms with Gasteiger partial charge >= 0.3 is 0 Å². The fourth-order valence-corrected chi connectivity index (χ4v) is 3.67. The van der Waals surface area contributed by atoms with Crippen LogP contribution in [0.25, 0.3) is 10.2 Å². The molecule has 6 nitrogen and oxygen atoms in total. The van der Waals surface area contributed by atoms with Gasteiger partial charge in [-0.25, -0.2) is 0 Å². The molecule has 0 aliphatic heterocycles. The summed E-state index contributed by atoms with van der Waals surface area (Å²) in [6, 6.07) is 7.99. The highest BCUT2D eigenvalue weighted by Gasteiger charge is 2.13. The van der Waals surface area contributed by atoms with Gasteiger partial charge in [0, 0.05) is 13.7 Å². The Hall–Kier alpha value is -1.90. The van der Waals surface area contributed by atoms with Crippen LogP contribution in [-0.2, 0) is 11.3 Å². The lowest BCUT2D eigenvalue weighted by atomic mass is 10.3. The van der Waals surface area contributed by atoms with Gasteiger partial charge in [-0.15, -0.1) is 5.10 Å². The van der Waals surface area contributed by atoms with Crippen LogP contribution in [0.2, 0.25) is 0 Å². The first-order chi connectivity index (χ1) is 10.7. The summed E-state index contributed by atoms with van der Waals surface area (Å²) in [6.07, 6.45) is 0. The maximum atomic E-state index is 12.3. The standard InChI is InChI=1S/C14H14N4O2S2/c1-9-12(22-17-16-9)13(19)15-14-18(7-8-20-2)10-5-3-4-6-11(10)21-14/h3-6H,7-8H2,1-2H3. The minimum absolute atomic E-state index is 0.301. The molecule has 0 bridgehead atoms. The molecular weight excluding hydrogens is 320 g/mol. The zero-order chi connectivity index (χ0) is 15.5. The van der Waals surface area contributed by atoms with E-state index in [0.717, 1.165) is 21.7 Å². The van der Waals surface area contributed by atoms with Crippen molar-refractivity contribution in [1.82, 2.24) is 14.2 Å². The van der Waals surface area contributed by atoms with Crippen LogP contribution in [0.1, 0.15) is 15.4 Å². The van der Waals surface area contributed by atoms with E-state index in [9.17, 15) is 4.79 Å². The molecule has 0 saturated heterocycles.